The molecule has 5 heteroatoms. The van der Waals surface area contributed by atoms with Gasteiger partial charge in [0.15, 0.2) is 0 Å². The van der Waals surface area contributed by atoms with Crippen LogP contribution >= 0.6 is 28.5 Å². The molecule has 0 spiro atoms. The van der Waals surface area contributed by atoms with Gasteiger partial charge in [-0.3, -0.25) is 0 Å². The monoisotopic (exact) mass is 461 g/mol. The third kappa shape index (κ3) is 3.43. The summed E-state index contributed by atoms with van der Waals surface area (Å²) in [5.41, 5.74) is 0.854. The summed E-state index contributed by atoms with van der Waals surface area (Å²) in [4.78, 5) is 5.87. The molecule has 31 heavy (non-hydrogen) atoms. The Morgan fingerprint density at radius 1 is 0.710 bits per heavy atom. The quantitative estimate of drug-likeness (QED) is 0.267. The van der Waals surface area contributed by atoms with Gasteiger partial charge in [0, 0.05) is 0 Å². The van der Waals surface area contributed by atoms with Gasteiger partial charge in [0.05, 0.1) is 0 Å². The van der Waals surface area contributed by atoms with Gasteiger partial charge in [0.2, 0.25) is 0 Å². The summed E-state index contributed by atoms with van der Waals surface area (Å²) in [6.07, 6.45) is 2.33. The summed E-state index contributed by atoms with van der Waals surface area (Å²) >= 11 is 9.71. The van der Waals surface area contributed by atoms with Gasteiger partial charge in [-0.2, -0.15) is 0 Å². The molecule has 5 rings (SSSR count). The molecule has 0 amide bonds. The molecule has 0 bridgehead atoms. The Kier molecular flexibility index (Phi) is 5.27. The normalized spacial score (nSPS) is 12.9. The van der Waals surface area contributed by atoms with Crippen molar-refractivity contribution in [1.82, 2.24) is 4.98 Å². The third-order valence-electron chi connectivity index (χ3n) is 5.63. The van der Waals surface area contributed by atoms with Crippen LogP contribution in [0, 0.1) is 0 Å². The fourth-order valence-electron chi connectivity index (χ4n) is 4.13. The van der Waals surface area contributed by atoms with Crippen LogP contribution in [0.4, 0.5) is 0 Å². The van der Waals surface area contributed by atoms with Gasteiger partial charge in [-0.05, 0) is 0 Å². The van der Waals surface area contributed by atoms with Gasteiger partial charge in [-0.25, -0.2) is 0 Å². The first kappa shape index (κ1) is 20.2. The van der Waals surface area contributed by atoms with E-state index in [1.807, 2.05) is 35.7 Å². The van der Waals surface area contributed by atoms with Crippen LogP contribution in [0.3, 0.4) is 0 Å². The van der Waals surface area contributed by atoms with Crippen molar-refractivity contribution in [1.29, 1.82) is 0 Å². The molecule has 0 radical (unpaired) electrons. The van der Waals surface area contributed by atoms with Crippen LogP contribution in [-0.2, 0) is 6.16 Å². The Bertz CT molecular complexity index is 1170. The van der Waals surface area contributed by atoms with Gasteiger partial charge >= 0.3 is 191 Å². The second-order valence-corrected chi connectivity index (χ2v) is 14.9. The Labute approximate surface area is 190 Å². The van der Waals surface area contributed by atoms with Crippen molar-refractivity contribution >= 4 is 44.4 Å². The average Bonchev–Trinajstić information content (AvgIpc) is 3.53. The maximum absolute atomic E-state index is 8.09. The predicted octanol–water partition coefficient (Wildman–Crippen LogP) is 6.59. The summed E-state index contributed by atoms with van der Waals surface area (Å²) in [6.45, 7) is 0. The van der Waals surface area contributed by atoms with E-state index < -0.39 is 5.96 Å². The van der Waals surface area contributed by atoms with Crippen LogP contribution in [0.25, 0.3) is 10.8 Å². The standard InChI is InChI=1S/C26H21ClNOPS/c27-30(22-11-4-1-5-12-22,23-13-6-2-7-14-23,24-15-8-3-9-16-24)20-21-19-29-26(28-21)25-17-10-18-31-25/h1-19H,20H2. The van der Waals surface area contributed by atoms with E-state index in [0.29, 0.717) is 12.1 Å². The molecule has 0 saturated carbocycles. The number of hydrogen-bond donors (Lipinski definition) is 0. The molecule has 0 aliphatic rings. The molecule has 0 unspecified atom stereocenters. The first-order valence-corrected chi connectivity index (χ1v) is 14.3. The van der Waals surface area contributed by atoms with E-state index in [2.05, 4.69) is 72.8 Å². The minimum absolute atomic E-state index is 0.570. The van der Waals surface area contributed by atoms with Gasteiger partial charge in [0.1, 0.15) is 0 Å². The number of oxazole rings is 1. The number of thiophene rings is 1. The van der Waals surface area contributed by atoms with E-state index in [9.17, 15) is 0 Å². The molecule has 2 aromatic heterocycles. The molecule has 0 aliphatic carbocycles. The Hall–Kier alpha value is -2.71. The van der Waals surface area contributed by atoms with Gasteiger partial charge < -0.3 is 0 Å². The zero-order valence-corrected chi connectivity index (χ0v) is 19.2. The maximum atomic E-state index is 8.09. The van der Waals surface area contributed by atoms with E-state index >= 15 is 0 Å². The molecule has 0 N–H and O–H groups in total. The summed E-state index contributed by atoms with van der Waals surface area (Å²) in [5.74, 6) is -2.76. The van der Waals surface area contributed by atoms with Gasteiger partial charge in [-0.1, -0.05) is 0 Å². The molecule has 0 atom stereocenters. The molecule has 3 aromatic carbocycles. The number of benzene rings is 3. The number of halogens is 1. The second kappa shape index (κ2) is 8.09. The number of nitrogens with zero attached hydrogens (tertiary/aromatic N) is 1. The van der Waals surface area contributed by atoms with E-state index in [-0.39, 0.29) is 0 Å². The molecule has 154 valence electrons. The minimum atomic E-state index is -3.40. The van der Waals surface area contributed by atoms with Crippen molar-refractivity contribution in [3.05, 3.63) is 120 Å². The third-order valence-corrected chi connectivity index (χ3v) is 13.6. The van der Waals surface area contributed by atoms with E-state index in [1.165, 1.54) is 0 Å². The Morgan fingerprint density at radius 2 is 1.23 bits per heavy atom. The number of rotatable bonds is 6. The van der Waals surface area contributed by atoms with E-state index in [0.717, 1.165) is 26.5 Å². The van der Waals surface area contributed by atoms with Crippen molar-refractivity contribution in [2.24, 2.45) is 0 Å². The van der Waals surface area contributed by atoms with Crippen LogP contribution in [0.1, 0.15) is 5.69 Å². The summed E-state index contributed by atoms with van der Waals surface area (Å²) in [6, 6.07) is 35.3. The van der Waals surface area contributed by atoms with Crippen molar-refractivity contribution in [3.8, 4) is 10.8 Å². The van der Waals surface area contributed by atoms with Gasteiger partial charge in [0.25, 0.3) is 0 Å². The fourth-order valence-corrected chi connectivity index (χ4v) is 10.7. The Morgan fingerprint density at radius 3 is 1.68 bits per heavy atom. The molecule has 2 heterocycles. The van der Waals surface area contributed by atoms with Crippen LogP contribution in [0.2, 0.25) is 0 Å². The van der Waals surface area contributed by atoms with Crippen molar-refractivity contribution in [2.45, 2.75) is 6.16 Å². The first-order valence-electron chi connectivity index (χ1n) is 10.1. The van der Waals surface area contributed by atoms with Crippen LogP contribution < -0.4 is 15.9 Å². The van der Waals surface area contributed by atoms with Crippen molar-refractivity contribution < 1.29 is 4.42 Å². The number of aromatic nitrogens is 1. The molecular formula is C26H21ClNOPS. The summed E-state index contributed by atoms with van der Waals surface area (Å²) in [5, 5.41) is 5.38. The second-order valence-electron chi connectivity index (χ2n) is 7.47. The van der Waals surface area contributed by atoms with Crippen LogP contribution in [0.15, 0.2) is 119 Å². The first-order chi connectivity index (χ1) is 15.2. The van der Waals surface area contributed by atoms with Gasteiger partial charge in [-0.15, -0.1) is 0 Å². The zero-order chi connectivity index (χ0) is 21.2. The predicted molar refractivity (Wildman–Crippen MR) is 135 cm³/mol. The summed E-state index contributed by atoms with van der Waals surface area (Å²) < 4.78 is 5.87. The molecule has 2 nitrogen and oxygen atoms in total. The van der Waals surface area contributed by atoms with Crippen LogP contribution in [0.5, 0.6) is 0 Å². The van der Waals surface area contributed by atoms with Crippen molar-refractivity contribution in [3.63, 3.8) is 0 Å². The zero-order valence-electron chi connectivity index (χ0n) is 16.8. The fraction of sp³-hybridized carbons (Fsp3) is 0.0385. The van der Waals surface area contributed by atoms with Crippen LogP contribution in [-0.4, -0.2) is 4.98 Å². The number of hydrogen-bond acceptors (Lipinski definition) is 3. The SMILES string of the molecule is ClP(Cc1coc(-c2cccs2)n1)(c1ccccc1)(c1ccccc1)c1ccccc1. The molecular weight excluding hydrogens is 441 g/mol. The topological polar surface area (TPSA) is 26.0 Å². The molecule has 0 fully saturated rings. The summed E-state index contributed by atoms with van der Waals surface area (Å²) in [7, 11) is 0. The van der Waals surface area contributed by atoms with E-state index in [4.69, 9.17) is 20.6 Å². The molecule has 5 aromatic rings. The average molecular weight is 462 g/mol. The molecule has 0 aliphatic heterocycles. The molecule has 0 saturated heterocycles. The Balaban J connectivity index is 1.77. The van der Waals surface area contributed by atoms with E-state index in [1.54, 1.807) is 17.6 Å². The van der Waals surface area contributed by atoms with Crippen molar-refractivity contribution in [2.75, 3.05) is 0 Å².